The smallest absolute Gasteiger partial charge is 0.358 e. The summed E-state index contributed by atoms with van der Waals surface area (Å²) in [6, 6.07) is 9.20. The zero-order valence-corrected chi connectivity index (χ0v) is 13.2. The van der Waals surface area contributed by atoms with Crippen LogP contribution >= 0.6 is 0 Å². The number of carboxylic acids is 1. The molecule has 0 amide bonds. The summed E-state index contributed by atoms with van der Waals surface area (Å²) in [4.78, 5) is 23.9. The number of pyridine rings is 1. The molecule has 124 valence electrons. The van der Waals surface area contributed by atoms with E-state index in [0.717, 1.165) is 11.1 Å². The second-order valence-corrected chi connectivity index (χ2v) is 5.30. The highest BCUT2D eigenvalue weighted by Gasteiger charge is 2.17. The molecule has 4 aromatic rings. The number of methoxy groups -OCH3 is 1. The molecule has 0 saturated heterocycles. The standard InChI is InChI=1S/C17H13N5O3/c1-25-11-4-2-3-10(7-11)20-15-12-5-6-18-8-13(12)22-9-19-14(17(23)24)16(22)21-15/h2-9H,1H3,(H,20,21)(H,23,24). The number of fused-ring (bicyclic) bond motifs is 3. The van der Waals surface area contributed by atoms with Crippen molar-refractivity contribution in [2.24, 2.45) is 0 Å². The predicted octanol–water partition coefficient (Wildman–Crippen LogP) is 2.73. The maximum atomic E-state index is 11.4. The van der Waals surface area contributed by atoms with Crippen molar-refractivity contribution in [1.29, 1.82) is 0 Å². The lowest BCUT2D eigenvalue weighted by Crippen LogP contribution is -2.03. The second-order valence-electron chi connectivity index (χ2n) is 5.30. The number of nitrogens with zero attached hydrogens (tertiary/aromatic N) is 4. The van der Waals surface area contributed by atoms with E-state index in [1.807, 2.05) is 30.3 Å². The summed E-state index contributed by atoms with van der Waals surface area (Å²) in [6.07, 6.45) is 4.74. The van der Waals surface area contributed by atoms with Crippen LogP contribution in [0.25, 0.3) is 16.6 Å². The Morgan fingerprint density at radius 2 is 2.20 bits per heavy atom. The molecule has 0 aliphatic rings. The number of carbonyl (C=O) groups is 1. The third kappa shape index (κ3) is 2.49. The quantitative estimate of drug-likeness (QED) is 0.591. The van der Waals surface area contributed by atoms with Crippen LogP contribution in [-0.2, 0) is 0 Å². The molecule has 0 fully saturated rings. The molecule has 0 aliphatic heterocycles. The van der Waals surface area contributed by atoms with Gasteiger partial charge in [0.1, 0.15) is 17.9 Å². The zero-order valence-electron chi connectivity index (χ0n) is 13.2. The summed E-state index contributed by atoms with van der Waals surface area (Å²) in [6.45, 7) is 0. The van der Waals surface area contributed by atoms with Gasteiger partial charge in [-0.15, -0.1) is 0 Å². The van der Waals surface area contributed by atoms with Gasteiger partial charge in [-0.25, -0.2) is 14.8 Å². The summed E-state index contributed by atoms with van der Waals surface area (Å²) in [5.74, 6) is 0.0827. The number of aromatic carboxylic acids is 1. The minimum absolute atomic E-state index is 0.112. The highest BCUT2D eigenvalue weighted by atomic mass is 16.5. The number of nitrogens with one attached hydrogen (secondary N) is 1. The summed E-state index contributed by atoms with van der Waals surface area (Å²) in [5.41, 5.74) is 1.61. The van der Waals surface area contributed by atoms with Crippen LogP contribution in [-0.4, -0.2) is 37.5 Å². The molecule has 0 aliphatic carbocycles. The minimum Gasteiger partial charge on any atom is -0.497 e. The molecule has 25 heavy (non-hydrogen) atoms. The average molecular weight is 335 g/mol. The maximum Gasteiger partial charge on any atom is 0.358 e. The number of anilines is 2. The van der Waals surface area contributed by atoms with Crippen LogP contribution < -0.4 is 10.1 Å². The largest absolute Gasteiger partial charge is 0.497 e. The van der Waals surface area contributed by atoms with Crippen LogP contribution in [0, 0.1) is 0 Å². The van der Waals surface area contributed by atoms with Crippen LogP contribution in [0.3, 0.4) is 0 Å². The van der Waals surface area contributed by atoms with Crippen LogP contribution in [0.1, 0.15) is 10.5 Å². The van der Waals surface area contributed by atoms with Crippen molar-refractivity contribution in [3.05, 3.63) is 54.7 Å². The van der Waals surface area contributed by atoms with E-state index in [1.165, 1.54) is 6.33 Å². The Balaban J connectivity index is 1.94. The van der Waals surface area contributed by atoms with Gasteiger partial charge >= 0.3 is 5.97 Å². The van der Waals surface area contributed by atoms with Gasteiger partial charge in [-0.05, 0) is 18.2 Å². The van der Waals surface area contributed by atoms with Gasteiger partial charge in [0.25, 0.3) is 0 Å². The molecule has 8 nitrogen and oxygen atoms in total. The van der Waals surface area contributed by atoms with Gasteiger partial charge in [0.15, 0.2) is 11.3 Å². The van der Waals surface area contributed by atoms with E-state index < -0.39 is 5.97 Å². The van der Waals surface area contributed by atoms with Crippen molar-refractivity contribution in [1.82, 2.24) is 19.4 Å². The number of imidazole rings is 1. The van der Waals surface area contributed by atoms with Crippen LogP contribution in [0.5, 0.6) is 5.75 Å². The average Bonchev–Trinajstić information content (AvgIpc) is 3.06. The Hall–Kier alpha value is -3.68. The monoisotopic (exact) mass is 335 g/mol. The number of ether oxygens (including phenoxy) is 1. The molecule has 0 unspecified atom stereocenters. The van der Waals surface area contributed by atoms with E-state index in [-0.39, 0.29) is 11.3 Å². The van der Waals surface area contributed by atoms with Gasteiger partial charge in [-0.3, -0.25) is 9.38 Å². The van der Waals surface area contributed by atoms with Crippen molar-refractivity contribution >= 4 is 34.0 Å². The van der Waals surface area contributed by atoms with E-state index in [4.69, 9.17) is 4.74 Å². The first-order valence-electron chi connectivity index (χ1n) is 7.42. The lowest BCUT2D eigenvalue weighted by Gasteiger charge is -2.11. The maximum absolute atomic E-state index is 11.4. The molecule has 3 heterocycles. The van der Waals surface area contributed by atoms with Crippen molar-refractivity contribution < 1.29 is 14.6 Å². The van der Waals surface area contributed by atoms with E-state index in [1.54, 1.807) is 23.9 Å². The first kappa shape index (κ1) is 14.9. The van der Waals surface area contributed by atoms with Crippen molar-refractivity contribution in [2.45, 2.75) is 0 Å². The number of hydrogen-bond donors (Lipinski definition) is 2. The highest BCUT2D eigenvalue weighted by Crippen LogP contribution is 2.27. The third-order valence-electron chi connectivity index (χ3n) is 3.81. The van der Waals surface area contributed by atoms with Crippen LogP contribution in [0.2, 0.25) is 0 Å². The van der Waals surface area contributed by atoms with Gasteiger partial charge < -0.3 is 15.2 Å². The minimum atomic E-state index is -1.13. The number of aromatic nitrogens is 4. The molecule has 0 atom stereocenters. The zero-order chi connectivity index (χ0) is 17.4. The molecule has 3 aromatic heterocycles. The molecule has 4 rings (SSSR count). The molecule has 0 saturated carbocycles. The molecule has 0 spiro atoms. The van der Waals surface area contributed by atoms with Crippen LogP contribution in [0.15, 0.2) is 49.1 Å². The normalized spacial score (nSPS) is 10.9. The topological polar surface area (TPSA) is 102 Å². The van der Waals surface area contributed by atoms with Crippen molar-refractivity contribution in [2.75, 3.05) is 12.4 Å². The molecule has 0 radical (unpaired) electrons. The summed E-state index contributed by atoms with van der Waals surface area (Å²) in [5, 5.41) is 13.3. The Bertz CT molecular complexity index is 1110. The number of rotatable bonds is 4. The van der Waals surface area contributed by atoms with E-state index in [2.05, 4.69) is 20.3 Å². The fraction of sp³-hybridized carbons (Fsp3) is 0.0588. The van der Waals surface area contributed by atoms with E-state index >= 15 is 0 Å². The molecule has 8 heteroatoms. The van der Waals surface area contributed by atoms with Gasteiger partial charge in [0, 0.05) is 23.3 Å². The summed E-state index contributed by atoms with van der Waals surface area (Å²) >= 11 is 0. The van der Waals surface area contributed by atoms with Gasteiger partial charge in [-0.2, -0.15) is 0 Å². The van der Waals surface area contributed by atoms with Gasteiger partial charge in [0.05, 0.1) is 18.8 Å². The first-order valence-corrected chi connectivity index (χ1v) is 7.42. The third-order valence-corrected chi connectivity index (χ3v) is 3.81. The second kappa shape index (κ2) is 5.75. The highest BCUT2D eigenvalue weighted by molar-refractivity contribution is 5.97. The SMILES string of the molecule is COc1cccc(Nc2nc3c(C(=O)O)ncn3c3cnccc23)c1. The van der Waals surface area contributed by atoms with Crippen molar-refractivity contribution in [3.63, 3.8) is 0 Å². The van der Waals surface area contributed by atoms with Crippen molar-refractivity contribution in [3.8, 4) is 5.75 Å². The number of hydrogen-bond acceptors (Lipinski definition) is 6. The molecule has 1 aromatic carbocycles. The molecular formula is C17H13N5O3. The fourth-order valence-electron chi connectivity index (χ4n) is 2.65. The molecular weight excluding hydrogens is 322 g/mol. The lowest BCUT2D eigenvalue weighted by atomic mass is 10.2. The fourth-order valence-corrected chi connectivity index (χ4v) is 2.65. The summed E-state index contributed by atoms with van der Waals surface area (Å²) in [7, 11) is 1.59. The molecule has 2 N–H and O–H groups in total. The Labute approximate surface area is 141 Å². The summed E-state index contributed by atoms with van der Waals surface area (Å²) < 4.78 is 6.84. The van der Waals surface area contributed by atoms with Gasteiger partial charge in [0.2, 0.25) is 0 Å². The van der Waals surface area contributed by atoms with E-state index in [9.17, 15) is 9.90 Å². The molecule has 0 bridgehead atoms. The lowest BCUT2D eigenvalue weighted by molar-refractivity contribution is 0.0693. The Morgan fingerprint density at radius 1 is 1.32 bits per heavy atom. The Morgan fingerprint density at radius 3 is 3.00 bits per heavy atom. The predicted molar refractivity (Wildman–Crippen MR) is 91.5 cm³/mol. The Kier molecular flexibility index (Phi) is 3.42. The first-order chi connectivity index (χ1) is 12.2. The number of benzene rings is 1. The van der Waals surface area contributed by atoms with E-state index in [0.29, 0.717) is 17.1 Å². The van der Waals surface area contributed by atoms with Crippen LogP contribution in [0.4, 0.5) is 11.5 Å². The van der Waals surface area contributed by atoms with Gasteiger partial charge in [-0.1, -0.05) is 6.07 Å². The number of carboxylic acid groups (broad SMARTS) is 1.